The molecule has 0 spiro atoms. The van der Waals surface area contributed by atoms with Crippen LogP contribution in [-0.4, -0.2) is 17.0 Å². The van der Waals surface area contributed by atoms with E-state index in [2.05, 4.69) is 21.2 Å². The molecule has 1 N–H and O–H groups in total. The van der Waals surface area contributed by atoms with Gasteiger partial charge in [0.2, 0.25) is 0 Å². The van der Waals surface area contributed by atoms with E-state index in [1.165, 1.54) is 0 Å². The van der Waals surface area contributed by atoms with E-state index >= 15 is 0 Å². The summed E-state index contributed by atoms with van der Waals surface area (Å²) in [7, 11) is 0. The minimum Gasteiger partial charge on any atom is -0.351 e. The summed E-state index contributed by atoms with van der Waals surface area (Å²) < 4.78 is 4.18. The van der Waals surface area contributed by atoms with Crippen molar-refractivity contribution in [1.29, 1.82) is 0 Å². The van der Waals surface area contributed by atoms with Crippen molar-refractivity contribution in [3.05, 3.63) is 56.5 Å². The number of thiophene rings is 1. The maximum Gasteiger partial charge on any atom is 0.267 e. The Bertz CT molecular complexity index is 840. The number of fused-ring (bicyclic) bond motifs is 1. The van der Waals surface area contributed by atoms with Crippen LogP contribution in [0.25, 0.3) is 10.2 Å². The van der Waals surface area contributed by atoms with Crippen LogP contribution in [0.15, 0.2) is 40.2 Å². The van der Waals surface area contributed by atoms with Gasteiger partial charge in [-0.05, 0) is 52.7 Å². The summed E-state index contributed by atoms with van der Waals surface area (Å²) in [5.74, 6) is -0.0518. The number of halogens is 2. The summed E-state index contributed by atoms with van der Waals surface area (Å²) in [6, 6.07) is 11.7. The van der Waals surface area contributed by atoms with Crippen LogP contribution in [0.5, 0.6) is 0 Å². The number of nitrogens with zero attached hydrogens (tertiary/aromatic N) is 1. The molecule has 0 saturated carbocycles. The smallest absolute Gasteiger partial charge is 0.267 e. The Morgan fingerprint density at radius 2 is 2.18 bits per heavy atom. The van der Waals surface area contributed by atoms with Gasteiger partial charge in [0.15, 0.2) is 0 Å². The van der Waals surface area contributed by atoms with Crippen molar-refractivity contribution in [1.82, 2.24) is 9.88 Å². The molecule has 0 aliphatic carbocycles. The molecule has 3 aromatic rings. The number of carbonyl (C=O) groups is 1. The van der Waals surface area contributed by atoms with Gasteiger partial charge >= 0.3 is 0 Å². The average Bonchev–Trinajstić information content (AvgIpc) is 2.97. The fourth-order valence-corrected chi connectivity index (χ4v) is 4.22. The van der Waals surface area contributed by atoms with Crippen LogP contribution in [0.3, 0.4) is 0 Å². The highest BCUT2D eigenvalue weighted by molar-refractivity contribution is 9.11. The fourth-order valence-electron chi connectivity index (χ4n) is 2.44. The van der Waals surface area contributed by atoms with Crippen LogP contribution in [0, 0.1) is 0 Å². The van der Waals surface area contributed by atoms with Gasteiger partial charge in [-0.1, -0.05) is 23.7 Å². The second kappa shape index (κ2) is 6.44. The minimum absolute atomic E-state index is 0.0518. The zero-order valence-electron chi connectivity index (χ0n) is 11.9. The Balaban J connectivity index is 2.08. The number of carbonyl (C=O) groups excluding carboxylic acids is 1. The second-order valence-corrected chi connectivity index (χ2v) is 7.80. The molecule has 3 nitrogen and oxygen atoms in total. The lowest BCUT2D eigenvalue weighted by atomic mass is 10.2. The molecule has 0 aliphatic rings. The van der Waals surface area contributed by atoms with E-state index in [0.29, 0.717) is 23.8 Å². The van der Waals surface area contributed by atoms with Crippen LogP contribution < -0.4 is 5.32 Å². The third-order valence-electron chi connectivity index (χ3n) is 3.36. The first-order valence-electron chi connectivity index (χ1n) is 6.89. The van der Waals surface area contributed by atoms with E-state index in [9.17, 15) is 4.79 Å². The molecule has 0 saturated heterocycles. The molecule has 6 heteroatoms. The van der Waals surface area contributed by atoms with E-state index < -0.39 is 0 Å². The van der Waals surface area contributed by atoms with Gasteiger partial charge in [-0.2, -0.15) is 0 Å². The lowest BCUT2D eigenvalue weighted by Crippen LogP contribution is -2.25. The molecule has 0 radical (unpaired) electrons. The van der Waals surface area contributed by atoms with Gasteiger partial charge in [-0.3, -0.25) is 4.79 Å². The summed E-state index contributed by atoms with van der Waals surface area (Å²) >= 11 is 11.2. The minimum atomic E-state index is -0.0518. The Hall–Kier alpha value is -1.30. The van der Waals surface area contributed by atoms with Crippen molar-refractivity contribution in [2.24, 2.45) is 0 Å². The van der Waals surface area contributed by atoms with Crippen molar-refractivity contribution in [2.45, 2.75) is 13.5 Å². The van der Waals surface area contributed by atoms with E-state index in [1.807, 2.05) is 47.9 Å². The van der Waals surface area contributed by atoms with Crippen LogP contribution in [-0.2, 0) is 6.54 Å². The zero-order valence-corrected chi connectivity index (χ0v) is 15.1. The summed E-state index contributed by atoms with van der Waals surface area (Å²) in [5.41, 5.74) is 2.80. The van der Waals surface area contributed by atoms with Gasteiger partial charge in [0.25, 0.3) is 5.91 Å². The number of hydrogen-bond acceptors (Lipinski definition) is 2. The number of rotatable bonds is 4. The van der Waals surface area contributed by atoms with Gasteiger partial charge in [0, 0.05) is 18.1 Å². The molecular weight excluding hydrogens is 384 g/mol. The highest BCUT2D eigenvalue weighted by Crippen LogP contribution is 2.33. The SMILES string of the molecule is CCNC(=O)c1cc2sc(Br)cc2n1Cc1cccc(Cl)c1. The molecule has 0 atom stereocenters. The fraction of sp³-hybridized carbons (Fsp3) is 0.188. The van der Waals surface area contributed by atoms with Crippen LogP contribution in [0.4, 0.5) is 0 Å². The van der Waals surface area contributed by atoms with E-state index in [4.69, 9.17) is 11.6 Å². The lowest BCUT2D eigenvalue weighted by Gasteiger charge is -2.10. The first-order valence-corrected chi connectivity index (χ1v) is 8.88. The maximum atomic E-state index is 12.3. The number of aromatic nitrogens is 1. The standard InChI is InChI=1S/C16H14BrClN2OS/c1-2-19-16(21)13-7-14-12(8-15(17)22-14)20(13)9-10-4-3-5-11(18)6-10/h3-8H,2,9H2,1H3,(H,19,21). The molecule has 1 aromatic carbocycles. The summed E-state index contributed by atoms with van der Waals surface area (Å²) in [4.78, 5) is 12.3. The first kappa shape index (κ1) is 15.6. The molecule has 0 bridgehead atoms. The second-order valence-electron chi connectivity index (χ2n) is 4.91. The monoisotopic (exact) mass is 396 g/mol. The van der Waals surface area contributed by atoms with Crippen molar-refractivity contribution < 1.29 is 4.79 Å². The molecule has 0 fully saturated rings. The van der Waals surface area contributed by atoms with E-state index in [-0.39, 0.29) is 5.91 Å². The first-order chi connectivity index (χ1) is 10.6. The lowest BCUT2D eigenvalue weighted by molar-refractivity contribution is 0.0947. The molecule has 0 unspecified atom stereocenters. The number of benzene rings is 1. The van der Waals surface area contributed by atoms with Gasteiger partial charge in [0.1, 0.15) is 5.69 Å². The van der Waals surface area contributed by atoms with Crippen molar-refractivity contribution in [3.8, 4) is 0 Å². The molecule has 1 amide bonds. The largest absolute Gasteiger partial charge is 0.351 e. The number of hydrogen-bond donors (Lipinski definition) is 1. The highest BCUT2D eigenvalue weighted by atomic mass is 79.9. The average molecular weight is 398 g/mol. The molecule has 2 heterocycles. The predicted octanol–water partition coefficient (Wildman–Crippen LogP) is 4.92. The zero-order chi connectivity index (χ0) is 15.7. The summed E-state index contributed by atoms with van der Waals surface area (Å²) in [6.07, 6.45) is 0. The van der Waals surface area contributed by atoms with E-state index in [1.54, 1.807) is 11.3 Å². The topological polar surface area (TPSA) is 34.0 Å². The Morgan fingerprint density at radius 3 is 2.91 bits per heavy atom. The van der Waals surface area contributed by atoms with Gasteiger partial charge in [-0.15, -0.1) is 11.3 Å². The van der Waals surface area contributed by atoms with Crippen LogP contribution in [0.2, 0.25) is 5.02 Å². The molecule has 0 aliphatic heterocycles. The normalized spacial score (nSPS) is 11.0. The molecule has 22 heavy (non-hydrogen) atoms. The summed E-state index contributed by atoms with van der Waals surface area (Å²) in [5, 5.41) is 3.57. The number of amides is 1. The van der Waals surface area contributed by atoms with Gasteiger partial charge < -0.3 is 9.88 Å². The Morgan fingerprint density at radius 1 is 1.36 bits per heavy atom. The Kier molecular flexibility index (Phi) is 4.57. The van der Waals surface area contributed by atoms with Crippen LogP contribution in [0.1, 0.15) is 23.0 Å². The van der Waals surface area contributed by atoms with Crippen molar-refractivity contribution in [2.75, 3.05) is 6.54 Å². The van der Waals surface area contributed by atoms with Crippen molar-refractivity contribution >= 4 is 55.0 Å². The third kappa shape index (κ3) is 3.07. The quantitative estimate of drug-likeness (QED) is 0.666. The molecular formula is C16H14BrClN2OS. The molecule has 3 rings (SSSR count). The van der Waals surface area contributed by atoms with Gasteiger partial charge in [0.05, 0.1) is 14.0 Å². The van der Waals surface area contributed by atoms with Gasteiger partial charge in [-0.25, -0.2) is 0 Å². The predicted molar refractivity (Wildman–Crippen MR) is 96.1 cm³/mol. The highest BCUT2D eigenvalue weighted by Gasteiger charge is 2.17. The summed E-state index contributed by atoms with van der Waals surface area (Å²) in [6.45, 7) is 3.14. The maximum absolute atomic E-state index is 12.3. The van der Waals surface area contributed by atoms with E-state index in [0.717, 1.165) is 19.6 Å². The Labute approximate surface area is 146 Å². The molecule has 114 valence electrons. The third-order valence-corrected chi connectivity index (χ3v) is 5.17. The molecule has 2 aromatic heterocycles. The number of nitrogens with one attached hydrogen (secondary N) is 1. The van der Waals surface area contributed by atoms with Crippen LogP contribution >= 0.6 is 38.9 Å². The van der Waals surface area contributed by atoms with Crippen molar-refractivity contribution in [3.63, 3.8) is 0 Å².